The van der Waals surface area contributed by atoms with Crippen LogP contribution in [-0.4, -0.2) is 11.7 Å². The minimum atomic E-state index is -0.522. The monoisotopic (exact) mass is 383 g/mol. The van der Waals surface area contributed by atoms with Gasteiger partial charge in [0.2, 0.25) is 0 Å². The molecule has 0 fully saturated rings. The normalized spacial score (nSPS) is 15.2. The van der Waals surface area contributed by atoms with Gasteiger partial charge >= 0.3 is 5.97 Å². The Hall–Kier alpha value is -2.82. The molecule has 3 aromatic rings. The second kappa shape index (κ2) is 6.83. The van der Waals surface area contributed by atoms with Crippen molar-refractivity contribution in [2.75, 3.05) is 0 Å². The highest BCUT2D eigenvalue weighted by atomic mass is 35.5. The summed E-state index contributed by atoms with van der Waals surface area (Å²) in [5, 5.41) is 4.91. The van der Waals surface area contributed by atoms with Crippen molar-refractivity contribution in [1.29, 1.82) is 0 Å². The number of rotatable bonds is 3. The summed E-state index contributed by atoms with van der Waals surface area (Å²) in [7, 11) is 0. The van der Waals surface area contributed by atoms with Crippen molar-refractivity contribution in [3.05, 3.63) is 87.6 Å². The van der Waals surface area contributed by atoms with Crippen LogP contribution < -0.4 is 0 Å². The van der Waals surface area contributed by atoms with E-state index in [2.05, 4.69) is 5.16 Å². The highest BCUT2D eigenvalue weighted by Crippen LogP contribution is 2.32. The Labute approximate surface area is 159 Å². The third-order valence-electron chi connectivity index (χ3n) is 3.85. The molecule has 4 rings (SSSR count). The predicted octanol–water partition coefficient (Wildman–Crippen LogP) is 5.60. The largest absolute Gasteiger partial charge is 0.457 e. The summed E-state index contributed by atoms with van der Waals surface area (Å²) in [6.45, 7) is 0. The van der Waals surface area contributed by atoms with Crippen LogP contribution in [-0.2, 0) is 9.63 Å². The molecule has 2 heterocycles. The van der Waals surface area contributed by atoms with Crippen LogP contribution >= 0.6 is 23.2 Å². The topological polar surface area (TPSA) is 51.8 Å². The number of benzene rings is 2. The highest BCUT2D eigenvalue weighted by Gasteiger charge is 2.27. The van der Waals surface area contributed by atoms with Crippen LogP contribution in [0.2, 0.25) is 10.0 Å². The molecule has 0 amide bonds. The van der Waals surface area contributed by atoms with Gasteiger partial charge in [0.1, 0.15) is 17.2 Å². The van der Waals surface area contributed by atoms with E-state index < -0.39 is 5.97 Å². The Balaban J connectivity index is 1.69. The first kappa shape index (κ1) is 16.6. The van der Waals surface area contributed by atoms with Gasteiger partial charge in [-0.3, -0.25) is 0 Å². The Morgan fingerprint density at radius 1 is 0.962 bits per heavy atom. The van der Waals surface area contributed by atoms with E-state index in [1.54, 1.807) is 36.4 Å². The predicted molar refractivity (Wildman–Crippen MR) is 101 cm³/mol. The Morgan fingerprint density at radius 3 is 2.54 bits per heavy atom. The van der Waals surface area contributed by atoms with E-state index in [1.165, 1.54) is 0 Å². The van der Waals surface area contributed by atoms with E-state index >= 15 is 0 Å². The van der Waals surface area contributed by atoms with Crippen molar-refractivity contribution in [3.63, 3.8) is 0 Å². The minimum Gasteiger partial charge on any atom is -0.457 e. The summed E-state index contributed by atoms with van der Waals surface area (Å²) in [6, 6.07) is 18.0. The van der Waals surface area contributed by atoms with Crippen LogP contribution in [0.4, 0.5) is 0 Å². The van der Waals surface area contributed by atoms with Crippen LogP contribution in [0.25, 0.3) is 17.4 Å². The lowest BCUT2D eigenvalue weighted by Crippen LogP contribution is -2.06. The van der Waals surface area contributed by atoms with E-state index in [0.717, 1.165) is 5.56 Å². The Kier molecular flexibility index (Phi) is 4.37. The van der Waals surface area contributed by atoms with E-state index in [1.807, 2.05) is 30.3 Å². The quantitative estimate of drug-likeness (QED) is 0.436. The fraction of sp³-hybridized carbons (Fsp3) is 0. The molecule has 2 aromatic carbocycles. The molecular weight excluding hydrogens is 373 g/mol. The fourth-order valence-electron chi connectivity index (χ4n) is 2.62. The molecular formula is C20H11Cl2NO3. The number of carbonyl (C=O) groups excluding carboxylic acids is 1. The first-order valence-electron chi connectivity index (χ1n) is 7.74. The van der Waals surface area contributed by atoms with Crippen molar-refractivity contribution in [1.82, 2.24) is 0 Å². The zero-order valence-corrected chi connectivity index (χ0v) is 14.8. The van der Waals surface area contributed by atoms with Gasteiger partial charge in [0.25, 0.3) is 0 Å². The standard InChI is InChI=1S/C20H11Cl2NO3/c21-13-6-8-15(17(22)10-13)18-9-7-14(25-18)11-16-19(23-26-20(16)24)12-4-2-1-3-5-12/h1-11H/b16-11+. The maximum Gasteiger partial charge on any atom is 0.368 e. The van der Waals surface area contributed by atoms with Gasteiger partial charge in [0.15, 0.2) is 0 Å². The molecule has 128 valence electrons. The average Bonchev–Trinajstić information content (AvgIpc) is 3.24. The molecule has 6 heteroatoms. The number of nitrogens with zero attached hydrogens (tertiary/aromatic N) is 1. The van der Waals surface area contributed by atoms with Crippen molar-refractivity contribution in [2.24, 2.45) is 5.16 Å². The lowest BCUT2D eigenvalue weighted by atomic mass is 10.0. The van der Waals surface area contributed by atoms with Crippen molar-refractivity contribution in [2.45, 2.75) is 0 Å². The number of furan rings is 1. The minimum absolute atomic E-state index is 0.333. The summed E-state index contributed by atoms with van der Waals surface area (Å²) >= 11 is 12.1. The van der Waals surface area contributed by atoms with Crippen LogP contribution in [0.1, 0.15) is 11.3 Å². The zero-order chi connectivity index (χ0) is 18.1. The van der Waals surface area contributed by atoms with Crippen LogP contribution in [0, 0.1) is 0 Å². The molecule has 0 saturated carbocycles. The van der Waals surface area contributed by atoms with E-state index in [-0.39, 0.29) is 0 Å². The van der Waals surface area contributed by atoms with E-state index in [0.29, 0.717) is 38.4 Å². The highest BCUT2D eigenvalue weighted by molar-refractivity contribution is 6.36. The van der Waals surface area contributed by atoms with Crippen LogP contribution in [0.3, 0.4) is 0 Å². The van der Waals surface area contributed by atoms with E-state index in [9.17, 15) is 4.79 Å². The zero-order valence-electron chi connectivity index (χ0n) is 13.3. The van der Waals surface area contributed by atoms with Crippen molar-refractivity contribution < 1.29 is 14.0 Å². The van der Waals surface area contributed by atoms with Crippen molar-refractivity contribution in [3.8, 4) is 11.3 Å². The summed E-state index contributed by atoms with van der Waals surface area (Å²) in [5.74, 6) is 0.540. The van der Waals surface area contributed by atoms with Gasteiger partial charge in [-0.15, -0.1) is 0 Å². The molecule has 0 saturated heterocycles. The molecule has 4 nitrogen and oxygen atoms in total. The first-order chi connectivity index (χ1) is 12.6. The molecule has 0 atom stereocenters. The number of hydrogen-bond donors (Lipinski definition) is 0. The average molecular weight is 384 g/mol. The number of halogens is 2. The SMILES string of the molecule is O=C1ON=C(c2ccccc2)/C1=C\c1ccc(-c2ccc(Cl)cc2Cl)o1. The number of oxime groups is 1. The second-order valence-corrected chi connectivity index (χ2v) is 6.41. The molecule has 0 radical (unpaired) electrons. The van der Waals surface area contributed by atoms with Crippen LogP contribution in [0.15, 0.2) is 75.8 Å². The number of carbonyl (C=O) groups is 1. The molecule has 0 aliphatic carbocycles. The molecule has 26 heavy (non-hydrogen) atoms. The first-order valence-corrected chi connectivity index (χ1v) is 8.49. The molecule has 0 spiro atoms. The van der Waals surface area contributed by atoms with Gasteiger partial charge in [-0.05, 0) is 36.4 Å². The maximum absolute atomic E-state index is 12.0. The van der Waals surface area contributed by atoms with Crippen molar-refractivity contribution >= 4 is 41.0 Å². The van der Waals surface area contributed by atoms with Gasteiger partial charge in [-0.2, -0.15) is 0 Å². The summed E-state index contributed by atoms with van der Waals surface area (Å²) in [5.41, 5.74) is 2.31. The second-order valence-electron chi connectivity index (χ2n) is 5.57. The van der Waals surface area contributed by atoms with E-state index in [4.69, 9.17) is 32.5 Å². The lowest BCUT2D eigenvalue weighted by Gasteiger charge is -2.01. The lowest BCUT2D eigenvalue weighted by molar-refractivity contribution is -0.136. The molecule has 1 aromatic heterocycles. The smallest absolute Gasteiger partial charge is 0.368 e. The summed E-state index contributed by atoms with van der Waals surface area (Å²) < 4.78 is 5.82. The summed E-state index contributed by atoms with van der Waals surface area (Å²) in [6.07, 6.45) is 1.61. The number of hydrogen-bond acceptors (Lipinski definition) is 4. The van der Waals surface area contributed by atoms with Gasteiger partial charge in [0.05, 0.1) is 10.6 Å². The molecule has 1 aliphatic heterocycles. The van der Waals surface area contributed by atoms with Crippen LogP contribution in [0.5, 0.6) is 0 Å². The Bertz CT molecular complexity index is 1050. The van der Waals surface area contributed by atoms with Gasteiger partial charge in [0, 0.05) is 16.1 Å². The maximum atomic E-state index is 12.0. The Morgan fingerprint density at radius 2 is 1.77 bits per heavy atom. The molecule has 0 bridgehead atoms. The fourth-order valence-corrected chi connectivity index (χ4v) is 3.12. The van der Waals surface area contributed by atoms with Gasteiger partial charge in [-0.25, -0.2) is 4.79 Å². The van der Waals surface area contributed by atoms with Gasteiger partial charge in [-0.1, -0.05) is 58.7 Å². The summed E-state index contributed by atoms with van der Waals surface area (Å²) in [4.78, 5) is 16.9. The third-order valence-corrected chi connectivity index (χ3v) is 4.40. The molecule has 0 unspecified atom stereocenters. The van der Waals surface area contributed by atoms with Gasteiger partial charge < -0.3 is 9.25 Å². The third kappa shape index (κ3) is 3.17. The molecule has 1 aliphatic rings. The molecule has 0 N–H and O–H groups in total.